The molecule has 2 amide bonds. The first-order valence-corrected chi connectivity index (χ1v) is 9.37. The molecule has 1 aliphatic heterocycles. The average molecular weight is 366 g/mol. The van der Waals surface area contributed by atoms with Gasteiger partial charge in [0.05, 0.1) is 0 Å². The molecule has 3 rings (SSSR count). The molecule has 0 aliphatic carbocycles. The van der Waals surface area contributed by atoms with E-state index in [2.05, 4.69) is 5.32 Å². The first kappa shape index (κ1) is 19.0. The van der Waals surface area contributed by atoms with Crippen molar-refractivity contribution in [3.63, 3.8) is 0 Å². The summed E-state index contributed by atoms with van der Waals surface area (Å²) < 4.78 is 5.52. The van der Waals surface area contributed by atoms with Crippen molar-refractivity contribution in [3.8, 4) is 5.75 Å². The lowest BCUT2D eigenvalue weighted by molar-refractivity contribution is -0.121. The molecule has 0 unspecified atom stereocenters. The average Bonchev–Trinajstić information content (AvgIpc) is 2.66. The number of nitrogens with one attached hydrogen (secondary N) is 1. The van der Waals surface area contributed by atoms with Gasteiger partial charge in [-0.25, -0.2) is 0 Å². The normalized spacial score (nSPS) is 13.3. The van der Waals surface area contributed by atoms with Crippen molar-refractivity contribution >= 4 is 23.2 Å². The molecule has 0 spiro atoms. The molecule has 5 heteroatoms. The van der Waals surface area contributed by atoms with Crippen LogP contribution in [0.2, 0.25) is 0 Å². The van der Waals surface area contributed by atoms with Gasteiger partial charge in [0.2, 0.25) is 5.91 Å². The molecule has 0 fully saturated rings. The highest BCUT2D eigenvalue weighted by Gasteiger charge is 2.24. The third kappa shape index (κ3) is 4.67. The van der Waals surface area contributed by atoms with Gasteiger partial charge in [0, 0.05) is 23.8 Å². The van der Waals surface area contributed by atoms with Crippen LogP contribution in [0.4, 0.5) is 11.4 Å². The standard InChI is InChI=1S/C22H26N2O3/c1-15(2)22(26)24-12-4-5-17-8-9-18(13-20(17)24)23-21(25)14-27-19-10-6-16(3)7-11-19/h6-11,13,15H,4-5,12,14H2,1-3H3,(H,23,25). The molecule has 0 radical (unpaired) electrons. The summed E-state index contributed by atoms with van der Waals surface area (Å²) in [5, 5.41) is 2.86. The topological polar surface area (TPSA) is 58.6 Å². The van der Waals surface area contributed by atoms with E-state index in [0.29, 0.717) is 11.4 Å². The molecule has 5 nitrogen and oxygen atoms in total. The van der Waals surface area contributed by atoms with Crippen molar-refractivity contribution in [2.75, 3.05) is 23.4 Å². The van der Waals surface area contributed by atoms with E-state index in [1.165, 1.54) is 0 Å². The number of ether oxygens (including phenoxy) is 1. The Balaban J connectivity index is 1.67. The van der Waals surface area contributed by atoms with Crippen LogP contribution in [0.1, 0.15) is 31.4 Å². The van der Waals surface area contributed by atoms with Crippen LogP contribution in [0.15, 0.2) is 42.5 Å². The van der Waals surface area contributed by atoms with Gasteiger partial charge in [0.25, 0.3) is 5.91 Å². The minimum absolute atomic E-state index is 0.0582. The minimum atomic E-state index is -0.229. The van der Waals surface area contributed by atoms with E-state index in [1.54, 1.807) is 0 Å². The highest BCUT2D eigenvalue weighted by molar-refractivity contribution is 5.98. The van der Waals surface area contributed by atoms with E-state index in [9.17, 15) is 9.59 Å². The Bertz CT molecular complexity index is 828. The fourth-order valence-corrected chi connectivity index (χ4v) is 3.17. The van der Waals surface area contributed by atoms with Gasteiger partial charge in [-0.3, -0.25) is 9.59 Å². The van der Waals surface area contributed by atoms with E-state index in [4.69, 9.17) is 4.74 Å². The Morgan fingerprint density at radius 3 is 2.59 bits per heavy atom. The summed E-state index contributed by atoms with van der Waals surface area (Å²) >= 11 is 0. The predicted molar refractivity (Wildman–Crippen MR) is 107 cm³/mol. The molecular formula is C22H26N2O3. The molecule has 1 aliphatic rings. The maximum absolute atomic E-state index is 12.5. The zero-order valence-electron chi connectivity index (χ0n) is 16.1. The zero-order valence-corrected chi connectivity index (χ0v) is 16.1. The van der Waals surface area contributed by atoms with E-state index in [-0.39, 0.29) is 24.3 Å². The lowest BCUT2D eigenvalue weighted by Gasteiger charge is -2.31. The van der Waals surface area contributed by atoms with Crippen molar-refractivity contribution < 1.29 is 14.3 Å². The number of fused-ring (bicyclic) bond motifs is 1. The summed E-state index contributed by atoms with van der Waals surface area (Å²) in [6, 6.07) is 13.3. The number of benzene rings is 2. The fraction of sp³-hybridized carbons (Fsp3) is 0.364. The van der Waals surface area contributed by atoms with Crippen molar-refractivity contribution in [2.45, 2.75) is 33.6 Å². The summed E-state index contributed by atoms with van der Waals surface area (Å²) in [7, 11) is 0. The van der Waals surface area contributed by atoms with Crippen molar-refractivity contribution in [2.24, 2.45) is 5.92 Å². The summed E-state index contributed by atoms with van der Waals surface area (Å²) in [5.74, 6) is 0.488. The first-order valence-electron chi connectivity index (χ1n) is 9.37. The van der Waals surface area contributed by atoms with Crippen LogP contribution in [0.25, 0.3) is 0 Å². The van der Waals surface area contributed by atoms with Gasteiger partial charge < -0.3 is 15.0 Å². The molecule has 1 N–H and O–H groups in total. The van der Waals surface area contributed by atoms with Crippen LogP contribution in [-0.4, -0.2) is 25.0 Å². The quantitative estimate of drug-likeness (QED) is 0.872. The molecule has 0 saturated carbocycles. The molecule has 0 atom stereocenters. The minimum Gasteiger partial charge on any atom is -0.484 e. The summed E-state index contributed by atoms with van der Waals surface area (Å²) in [6.45, 7) is 6.47. The van der Waals surface area contributed by atoms with Crippen LogP contribution < -0.4 is 15.0 Å². The molecule has 1 heterocycles. The van der Waals surface area contributed by atoms with Crippen LogP contribution in [-0.2, 0) is 16.0 Å². The number of amides is 2. The van der Waals surface area contributed by atoms with Gasteiger partial charge in [-0.1, -0.05) is 37.6 Å². The highest BCUT2D eigenvalue weighted by Crippen LogP contribution is 2.31. The summed E-state index contributed by atoms with van der Waals surface area (Å²) in [5.41, 5.74) is 3.86. The number of rotatable bonds is 5. The van der Waals surface area contributed by atoms with Gasteiger partial charge in [0.15, 0.2) is 6.61 Å². The number of anilines is 2. The largest absolute Gasteiger partial charge is 0.484 e. The number of hydrogen-bond acceptors (Lipinski definition) is 3. The fourth-order valence-electron chi connectivity index (χ4n) is 3.17. The Kier molecular flexibility index (Phi) is 5.79. The Labute approximate surface area is 160 Å². The lowest BCUT2D eigenvalue weighted by atomic mass is 9.99. The van der Waals surface area contributed by atoms with Crippen molar-refractivity contribution in [1.82, 2.24) is 0 Å². The van der Waals surface area contributed by atoms with Crippen LogP contribution in [0.3, 0.4) is 0 Å². The van der Waals surface area contributed by atoms with E-state index < -0.39 is 0 Å². The molecule has 27 heavy (non-hydrogen) atoms. The number of nitrogens with zero attached hydrogens (tertiary/aromatic N) is 1. The predicted octanol–water partition coefficient (Wildman–Crippen LogP) is 3.95. The van der Waals surface area contributed by atoms with Crippen molar-refractivity contribution in [1.29, 1.82) is 0 Å². The molecule has 142 valence electrons. The number of hydrogen-bond donors (Lipinski definition) is 1. The molecule has 0 aromatic heterocycles. The Morgan fingerprint density at radius 1 is 1.15 bits per heavy atom. The second kappa shape index (κ2) is 8.25. The Morgan fingerprint density at radius 2 is 1.89 bits per heavy atom. The van der Waals surface area contributed by atoms with Gasteiger partial charge >= 0.3 is 0 Å². The second-order valence-corrected chi connectivity index (χ2v) is 7.24. The van der Waals surface area contributed by atoms with E-state index in [0.717, 1.165) is 36.2 Å². The zero-order chi connectivity index (χ0) is 19.4. The maximum atomic E-state index is 12.5. The summed E-state index contributed by atoms with van der Waals surface area (Å²) in [4.78, 5) is 26.6. The van der Waals surface area contributed by atoms with E-state index in [1.807, 2.05) is 68.1 Å². The third-order valence-electron chi connectivity index (χ3n) is 4.64. The van der Waals surface area contributed by atoms with Gasteiger partial charge in [-0.15, -0.1) is 0 Å². The van der Waals surface area contributed by atoms with Gasteiger partial charge in [-0.2, -0.15) is 0 Å². The molecular weight excluding hydrogens is 340 g/mol. The molecule has 0 saturated heterocycles. The SMILES string of the molecule is Cc1ccc(OCC(=O)Nc2ccc3c(c2)N(C(=O)C(C)C)CCC3)cc1. The number of carbonyl (C=O) groups excluding carboxylic acids is 2. The molecule has 2 aromatic carbocycles. The monoisotopic (exact) mass is 366 g/mol. The molecule has 0 bridgehead atoms. The third-order valence-corrected chi connectivity index (χ3v) is 4.64. The van der Waals surface area contributed by atoms with Crippen LogP contribution >= 0.6 is 0 Å². The van der Waals surface area contributed by atoms with Crippen LogP contribution in [0.5, 0.6) is 5.75 Å². The summed E-state index contributed by atoms with van der Waals surface area (Å²) in [6.07, 6.45) is 1.91. The van der Waals surface area contributed by atoms with Gasteiger partial charge in [-0.05, 0) is 49.6 Å². The smallest absolute Gasteiger partial charge is 0.262 e. The lowest BCUT2D eigenvalue weighted by Crippen LogP contribution is -2.38. The number of carbonyl (C=O) groups is 2. The van der Waals surface area contributed by atoms with E-state index >= 15 is 0 Å². The second-order valence-electron chi connectivity index (χ2n) is 7.24. The van der Waals surface area contributed by atoms with Crippen LogP contribution in [0, 0.1) is 12.8 Å². The van der Waals surface area contributed by atoms with Crippen molar-refractivity contribution in [3.05, 3.63) is 53.6 Å². The molecule has 2 aromatic rings. The highest BCUT2D eigenvalue weighted by atomic mass is 16.5. The first-order chi connectivity index (χ1) is 12.9. The number of aryl methyl sites for hydroxylation is 2. The van der Waals surface area contributed by atoms with Gasteiger partial charge in [0.1, 0.15) is 5.75 Å². The maximum Gasteiger partial charge on any atom is 0.262 e. The Hall–Kier alpha value is -2.82.